The molecule has 1 fully saturated rings. The van der Waals surface area contributed by atoms with Crippen molar-refractivity contribution in [3.05, 3.63) is 35.4 Å². The van der Waals surface area contributed by atoms with Gasteiger partial charge in [-0.3, -0.25) is 4.39 Å². The number of alkyl halides is 1. The highest BCUT2D eigenvalue weighted by Gasteiger charge is 2.29. The van der Waals surface area contributed by atoms with Gasteiger partial charge in [-0.2, -0.15) is 0 Å². The molecule has 0 aromatic heterocycles. The van der Waals surface area contributed by atoms with Crippen molar-refractivity contribution in [2.24, 2.45) is 5.92 Å². The smallest absolute Gasteiger partial charge is 0.0928 e. The lowest BCUT2D eigenvalue weighted by molar-refractivity contribution is 0.277. The van der Waals surface area contributed by atoms with Gasteiger partial charge >= 0.3 is 0 Å². The zero-order valence-electron chi connectivity index (χ0n) is 8.82. The molecular formula is C13H17FO. The van der Waals surface area contributed by atoms with Crippen molar-refractivity contribution < 1.29 is 9.50 Å². The molecule has 1 saturated carbocycles. The molecule has 2 atom stereocenters. The second kappa shape index (κ2) is 4.75. The summed E-state index contributed by atoms with van der Waals surface area (Å²) in [7, 11) is 0. The molecule has 1 aromatic rings. The molecule has 0 amide bonds. The number of halogens is 1. The van der Waals surface area contributed by atoms with Gasteiger partial charge in [0.25, 0.3) is 0 Å². The van der Waals surface area contributed by atoms with Crippen molar-refractivity contribution in [1.29, 1.82) is 0 Å². The number of hydrogen-bond donors (Lipinski definition) is 1. The first-order chi connectivity index (χ1) is 7.36. The molecule has 0 radical (unpaired) electrons. The van der Waals surface area contributed by atoms with Crippen LogP contribution >= 0.6 is 0 Å². The van der Waals surface area contributed by atoms with E-state index in [2.05, 4.69) is 0 Å². The first-order valence-corrected chi connectivity index (χ1v) is 5.61. The van der Waals surface area contributed by atoms with Crippen LogP contribution in [0, 0.1) is 5.92 Å². The molecule has 2 heteroatoms. The van der Waals surface area contributed by atoms with E-state index in [0.29, 0.717) is 5.92 Å². The highest BCUT2D eigenvalue weighted by Crippen LogP contribution is 2.40. The first-order valence-electron chi connectivity index (χ1n) is 5.61. The fraction of sp³-hybridized carbons (Fsp3) is 0.538. The predicted octanol–water partition coefficient (Wildman–Crippen LogP) is 3.03. The molecule has 0 aliphatic heterocycles. The number of rotatable bonds is 3. The Bertz CT molecular complexity index is 324. The molecule has 0 saturated heterocycles. The van der Waals surface area contributed by atoms with E-state index in [1.165, 1.54) is 0 Å². The maximum absolute atomic E-state index is 12.8. The van der Waals surface area contributed by atoms with Crippen LogP contribution in [0.25, 0.3) is 0 Å². The van der Waals surface area contributed by atoms with Crippen molar-refractivity contribution in [3.63, 3.8) is 0 Å². The van der Waals surface area contributed by atoms with Gasteiger partial charge in [-0.1, -0.05) is 30.7 Å². The molecular weight excluding hydrogens is 191 g/mol. The summed E-state index contributed by atoms with van der Waals surface area (Å²) >= 11 is 0. The van der Waals surface area contributed by atoms with Crippen LogP contribution in [0.15, 0.2) is 24.3 Å². The maximum atomic E-state index is 12.8. The van der Waals surface area contributed by atoms with Crippen LogP contribution in [-0.2, 0) is 6.61 Å². The minimum Gasteiger partial charge on any atom is -0.392 e. The van der Waals surface area contributed by atoms with Crippen LogP contribution in [0.3, 0.4) is 0 Å². The summed E-state index contributed by atoms with van der Waals surface area (Å²) in [6, 6.07) is 7.86. The van der Waals surface area contributed by atoms with Crippen LogP contribution in [0.2, 0.25) is 0 Å². The molecule has 0 spiro atoms. The van der Waals surface area contributed by atoms with Gasteiger partial charge < -0.3 is 5.11 Å². The summed E-state index contributed by atoms with van der Waals surface area (Å²) in [5.41, 5.74) is 2.11. The topological polar surface area (TPSA) is 20.2 Å². The van der Waals surface area contributed by atoms with E-state index in [9.17, 15) is 9.50 Å². The minimum atomic E-state index is -0.232. The SMILES string of the molecule is OCc1ccccc1C1CCCC1CF. The van der Waals surface area contributed by atoms with E-state index < -0.39 is 0 Å². The maximum Gasteiger partial charge on any atom is 0.0928 e. The molecule has 82 valence electrons. The highest BCUT2D eigenvalue weighted by atomic mass is 19.1. The summed E-state index contributed by atoms with van der Waals surface area (Å²) in [5.74, 6) is 0.482. The van der Waals surface area contributed by atoms with Gasteiger partial charge in [-0.05, 0) is 35.8 Å². The number of benzene rings is 1. The third-order valence-electron chi connectivity index (χ3n) is 3.48. The number of hydrogen-bond acceptors (Lipinski definition) is 1. The lowest BCUT2D eigenvalue weighted by Gasteiger charge is -2.19. The van der Waals surface area contributed by atoms with Crippen molar-refractivity contribution in [2.75, 3.05) is 6.67 Å². The van der Waals surface area contributed by atoms with Gasteiger partial charge in [0.15, 0.2) is 0 Å². The lowest BCUT2D eigenvalue weighted by Crippen LogP contribution is -2.10. The molecule has 1 aromatic carbocycles. The monoisotopic (exact) mass is 208 g/mol. The Labute approximate surface area is 89.9 Å². The molecule has 2 rings (SSSR count). The molecule has 1 aliphatic rings. The third-order valence-corrected chi connectivity index (χ3v) is 3.48. The quantitative estimate of drug-likeness (QED) is 0.809. The molecule has 1 aliphatic carbocycles. The zero-order valence-corrected chi connectivity index (χ0v) is 8.82. The fourth-order valence-corrected chi connectivity index (χ4v) is 2.67. The molecule has 1 nitrogen and oxygen atoms in total. The van der Waals surface area contributed by atoms with Crippen LogP contribution < -0.4 is 0 Å². The second-order valence-electron chi connectivity index (χ2n) is 4.31. The van der Waals surface area contributed by atoms with Gasteiger partial charge in [0.1, 0.15) is 0 Å². The van der Waals surface area contributed by atoms with Crippen LogP contribution in [0.4, 0.5) is 4.39 Å². The molecule has 1 N–H and O–H groups in total. The number of aliphatic hydroxyl groups excluding tert-OH is 1. The standard InChI is InChI=1S/C13H17FO/c14-8-10-5-3-7-12(10)13-6-2-1-4-11(13)9-15/h1-2,4,6,10,12,15H,3,5,7-9H2. The van der Waals surface area contributed by atoms with E-state index >= 15 is 0 Å². The van der Waals surface area contributed by atoms with Gasteiger partial charge in [0.2, 0.25) is 0 Å². The Morgan fingerprint density at radius 2 is 2.07 bits per heavy atom. The van der Waals surface area contributed by atoms with Gasteiger partial charge in [-0.25, -0.2) is 0 Å². The first kappa shape index (κ1) is 10.6. The van der Waals surface area contributed by atoms with Crippen molar-refractivity contribution in [1.82, 2.24) is 0 Å². The second-order valence-corrected chi connectivity index (χ2v) is 4.31. The van der Waals surface area contributed by atoms with Crippen LogP contribution in [-0.4, -0.2) is 11.8 Å². The molecule has 0 heterocycles. The summed E-state index contributed by atoms with van der Waals surface area (Å²) in [6.45, 7) is -0.171. The molecule has 15 heavy (non-hydrogen) atoms. The van der Waals surface area contributed by atoms with Gasteiger partial charge in [0.05, 0.1) is 13.3 Å². The molecule has 2 unspecified atom stereocenters. The van der Waals surface area contributed by atoms with Gasteiger partial charge in [-0.15, -0.1) is 0 Å². The molecule has 0 bridgehead atoms. The van der Waals surface area contributed by atoms with E-state index in [0.717, 1.165) is 30.4 Å². The van der Waals surface area contributed by atoms with Crippen LogP contribution in [0.1, 0.15) is 36.3 Å². The average molecular weight is 208 g/mol. The third kappa shape index (κ3) is 2.05. The Hall–Kier alpha value is -0.890. The average Bonchev–Trinajstić information content (AvgIpc) is 2.76. The highest BCUT2D eigenvalue weighted by molar-refractivity contribution is 5.31. The normalized spacial score (nSPS) is 25.7. The minimum absolute atomic E-state index is 0.0612. The predicted molar refractivity (Wildman–Crippen MR) is 58.4 cm³/mol. The fourth-order valence-electron chi connectivity index (χ4n) is 2.67. The number of aliphatic hydroxyl groups is 1. The summed E-state index contributed by atoms with van der Waals surface area (Å²) in [4.78, 5) is 0. The van der Waals surface area contributed by atoms with Crippen molar-refractivity contribution in [2.45, 2.75) is 31.8 Å². The zero-order chi connectivity index (χ0) is 10.7. The largest absolute Gasteiger partial charge is 0.392 e. The summed E-state index contributed by atoms with van der Waals surface area (Å²) in [6.07, 6.45) is 3.16. The van der Waals surface area contributed by atoms with E-state index in [-0.39, 0.29) is 19.2 Å². The summed E-state index contributed by atoms with van der Waals surface area (Å²) < 4.78 is 12.8. The summed E-state index contributed by atoms with van der Waals surface area (Å²) in [5, 5.41) is 9.24. The van der Waals surface area contributed by atoms with Crippen LogP contribution in [0.5, 0.6) is 0 Å². The Morgan fingerprint density at radius 3 is 2.80 bits per heavy atom. The Morgan fingerprint density at radius 1 is 1.27 bits per heavy atom. The Balaban J connectivity index is 2.27. The Kier molecular flexibility index (Phi) is 3.37. The van der Waals surface area contributed by atoms with E-state index in [1.54, 1.807) is 0 Å². The van der Waals surface area contributed by atoms with E-state index in [4.69, 9.17) is 0 Å². The lowest BCUT2D eigenvalue weighted by atomic mass is 9.87. The van der Waals surface area contributed by atoms with Gasteiger partial charge in [0, 0.05) is 0 Å². The van der Waals surface area contributed by atoms with E-state index in [1.807, 2.05) is 24.3 Å². The van der Waals surface area contributed by atoms with Crippen molar-refractivity contribution >= 4 is 0 Å². The van der Waals surface area contributed by atoms with Crippen molar-refractivity contribution in [3.8, 4) is 0 Å².